The van der Waals surface area contributed by atoms with Crippen LogP contribution in [-0.2, 0) is 5.41 Å². The van der Waals surface area contributed by atoms with Crippen molar-refractivity contribution in [2.75, 3.05) is 31.1 Å². The Bertz CT molecular complexity index is 947. The van der Waals surface area contributed by atoms with Crippen LogP contribution in [0.3, 0.4) is 0 Å². The maximum absolute atomic E-state index is 14.3. The molecule has 1 fully saturated rings. The van der Waals surface area contributed by atoms with Crippen LogP contribution in [0.25, 0.3) is 0 Å². The molecule has 160 valence electrons. The van der Waals surface area contributed by atoms with Crippen LogP contribution in [0.15, 0.2) is 36.4 Å². The molecule has 3 nitrogen and oxygen atoms in total. The van der Waals surface area contributed by atoms with Crippen molar-refractivity contribution in [1.82, 2.24) is 4.90 Å². The molecule has 1 atom stereocenters. The third kappa shape index (κ3) is 4.04. The summed E-state index contributed by atoms with van der Waals surface area (Å²) in [4.78, 5) is 17.3. The van der Waals surface area contributed by atoms with Gasteiger partial charge in [0.1, 0.15) is 0 Å². The fraction of sp³-hybridized carbons (Fsp3) is 0.435. The van der Waals surface area contributed by atoms with Gasteiger partial charge in [0.2, 0.25) is 0 Å². The molecule has 1 spiro atoms. The standard InChI is InChI=1S/C23H26AsClF2N2O/c24-10-1-2-11-28-12-8-23(9-13-28)15-29(20-7-6-16(25)14-18(20)23)22(30)17-4-3-5-19(26)21(17)27/h3-7,14H,1-2,8-13,15,24H2. The van der Waals surface area contributed by atoms with E-state index < -0.39 is 17.5 Å². The van der Waals surface area contributed by atoms with E-state index in [0.717, 1.165) is 49.8 Å². The summed E-state index contributed by atoms with van der Waals surface area (Å²) in [6.45, 7) is 3.52. The molecule has 4 rings (SSSR count). The van der Waals surface area contributed by atoms with Gasteiger partial charge in [0, 0.05) is 0 Å². The first-order chi connectivity index (χ1) is 14.4. The predicted molar refractivity (Wildman–Crippen MR) is 119 cm³/mol. The molecule has 1 saturated heterocycles. The molecule has 0 aliphatic carbocycles. The molecule has 0 aromatic heterocycles. The first kappa shape index (κ1) is 21.8. The van der Waals surface area contributed by atoms with Gasteiger partial charge in [-0.3, -0.25) is 0 Å². The van der Waals surface area contributed by atoms with Gasteiger partial charge in [0.25, 0.3) is 0 Å². The van der Waals surface area contributed by atoms with Crippen molar-refractivity contribution in [3.63, 3.8) is 0 Å². The molecule has 7 heteroatoms. The number of likely N-dealkylation sites (tertiary alicyclic amines) is 1. The molecule has 0 saturated carbocycles. The fourth-order valence-electron chi connectivity index (χ4n) is 4.75. The van der Waals surface area contributed by atoms with Crippen LogP contribution < -0.4 is 4.90 Å². The van der Waals surface area contributed by atoms with E-state index in [1.807, 2.05) is 12.1 Å². The minimum atomic E-state index is -1.09. The first-order valence-corrected chi connectivity index (χ1v) is 12.5. The zero-order valence-corrected chi connectivity index (χ0v) is 20.0. The summed E-state index contributed by atoms with van der Waals surface area (Å²) in [5.74, 6) is -2.60. The van der Waals surface area contributed by atoms with Crippen molar-refractivity contribution >= 4 is 40.0 Å². The Labute approximate surface area is 189 Å². The van der Waals surface area contributed by atoms with E-state index in [0.29, 0.717) is 11.6 Å². The number of rotatable bonds is 5. The normalized spacial score (nSPS) is 18.1. The Morgan fingerprint density at radius 2 is 1.90 bits per heavy atom. The van der Waals surface area contributed by atoms with Crippen LogP contribution in [0, 0.1) is 11.6 Å². The summed E-state index contributed by atoms with van der Waals surface area (Å²) >= 11 is 8.09. The van der Waals surface area contributed by atoms with Crippen molar-refractivity contribution in [3.8, 4) is 0 Å². The second kappa shape index (κ2) is 8.98. The third-order valence-corrected chi connectivity index (χ3v) is 7.54. The van der Waals surface area contributed by atoms with Gasteiger partial charge in [-0.15, -0.1) is 0 Å². The van der Waals surface area contributed by atoms with Crippen molar-refractivity contribution in [2.45, 2.75) is 36.3 Å². The van der Waals surface area contributed by atoms with E-state index in [9.17, 15) is 13.6 Å². The van der Waals surface area contributed by atoms with Gasteiger partial charge in [-0.1, -0.05) is 6.07 Å². The van der Waals surface area contributed by atoms with Crippen molar-refractivity contribution in [3.05, 3.63) is 64.2 Å². The summed E-state index contributed by atoms with van der Waals surface area (Å²) in [6.07, 6.45) is 4.33. The second-order valence-electron chi connectivity index (χ2n) is 8.27. The summed E-state index contributed by atoms with van der Waals surface area (Å²) in [5, 5.41) is 1.90. The molecule has 2 heterocycles. The van der Waals surface area contributed by atoms with Gasteiger partial charge in [-0.25, -0.2) is 8.78 Å². The number of hydrogen-bond acceptors (Lipinski definition) is 2. The third-order valence-electron chi connectivity index (χ3n) is 6.45. The Morgan fingerprint density at radius 1 is 1.13 bits per heavy atom. The average Bonchev–Trinajstić information content (AvgIpc) is 3.05. The topological polar surface area (TPSA) is 23.6 Å². The Kier molecular flexibility index (Phi) is 6.52. The molecule has 2 aromatic carbocycles. The molecule has 2 aromatic rings. The SMILES string of the molecule is O=C(c1cccc(F)c1F)N1CC2(CCN(CCCC[AsH2])CC2)c2cc(Cl)ccc21. The molecule has 2 aliphatic rings. The van der Waals surface area contributed by atoms with Gasteiger partial charge in [-0.05, 0) is 12.1 Å². The van der Waals surface area contributed by atoms with Crippen molar-refractivity contribution in [2.24, 2.45) is 0 Å². The molecule has 1 amide bonds. The van der Waals surface area contributed by atoms with Crippen LogP contribution in [0.1, 0.15) is 41.6 Å². The fourth-order valence-corrected chi connectivity index (χ4v) is 5.53. The molecular weight excluding hydrogens is 469 g/mol. The van der Waals surface area contributed by atoms with Crippen molar-refractivity contribution < 1.29 is 13.6 Å². The maximum atomic E-state index is 14.3. The number of fused-ring (bicyclic) bond motifs is 2. The van der Waals surface area contributed by atoms with Crippen LogP contribution in [0.2, 0.25) is 10.2 Å². The number of unbranched alkanes of at least 4 members (excludes halogenated alkanes) is 1. The number of nitrogens with zero attached hydrogens (tertiary/aromatic N) is 2. The monoisotopic (exact) mass is 494 g/mol. The summed E-state index contributed by atoms with van der Waals surface area (Å²) < 4.78 is 28.1. The number of carbonyl (C=O) groups is 1. The molecule has 2 aliphatic heterocycles. The zero-order chi connectivity index (χ0) is 21.3. The Morgan fingerprint density at radius 3 is 2.63 bits per heavy atom. The molecule has 0 N–H and O–H groups in total. The van der Waals surface area contributed by atoms with Gasteiger partial charge in [0.05, 0.1) is 0 Å². The summed E-state index contributed by atoms with van der Waals surface area (Å²) in [7, 11) is 0. The van der Waals surface area contributed by atoms with Gasteiger partial charge < -0.3 is 0 Å². The number of anilines is 1. The summed E-state index contributed by atoms with van der Waals surface area (Å²) in [5.41, 5.74) is 1.39. The molecule has 0 radical (unpaired) electrons. The summed E-state index contributed by atoms with van der Waals surface area (Å²) in [6, 6.07) is 9.27. The van der Waals surface area contributed by atoms with Gasteiger partial charge >= 0.3 is 151 Å². The number of hydrogen-bond donors (Lipinski definition) is 0. The molecule has 1 unspecified atom stereocenters. The number of amides is 1. The minimum absolute atomic E-state index is 0.190. The zero-order valence-electron chi connectivity index (χ0n) is 16.8. The average molecular weight is 495 g/mol. The Hall–Kier alpha value is -1.42. The van der Waals surface area contributed by atoms with E-state index in [1.54, 1.807) is 27.8 Å². The van der Waals surface area contributed by atoms with E-state index in [1.165, 1.54) is 30.2 Å². The quantitative estimate of drug-likeness (QED) is 0.453. The molecular formula is C23H26AsClF2N2O. The van der Waals surface area contributed by atoms with Crippen LogP contribution in [0.4, 0.5) is 14.5 Å². The van der Waals surface area contributed by atoms with Gasteiger partial charge in [0.15, 0.2) is 11.6 Å². The second-order valence-corrected chi connectivity index (χ2v) is 9.92. The van der Waals surface area contributed by atoms with Crippen LogP contribution in [-0.4, -0.2) is 53.8 Å². The van der Waals surface area contributed by atoms with E-state index >= 15 is 0 Å². The first-order valence-electron chi connectivity index (χ1n) is 10.4. The Balaban J connectivity index is 1.61. The van der Waals surface area contributed by atoms with Gasteiger partial charge in [-0.2, -0.15) is 0 Å². The van der Waals surface area contributed by atoms with Crippen molar-refractivity contribution in [1.29, 1.82) is 0 Å². The van der Waals surface area contributed by atoms with Crippen LogP contribution >= 0.6 is 11.6 Å². The molecule has 30 heavy (non-hydrogen) atoms. The van der Waals surface area contributed by atoms with Crippen LogP contribution in [0.5, 0.6) is 0 Å². The number of halogens is 3. The van der Waals surface area contributed by atoms with E-state index in [2.05, 4.69) is 4.90 Å². The molecule has 0 bridgehead atoms. The number of piperidine rings is 1. The number of benzene rings is 2. The van der Waals surface area contributed by atoms with E-state index in [-0.39, 0.29) is 11.0 Å². The predicted octanol–water partition coefficient (Wildman–Crippen LogP) is 4.44. The number of carbonyl (C=O) groups excluding carboxylic acids is 1. The van der Waals surface area contributed by atoms with E-state index in [4.69, 9.17) is 11.6 Å².